The number of benzene rings is 1. The van der Waals surface area contributed by atoms with E-state index in [1.807, 2.05) is 12.1 Å². The zero-order valence-corrected chi connectivity index (χ0v) is 15.7. The molecule has 3 aromatic rings. The van der Waals surface area contributed by atoms with Gasteiger partial charge in [-0.15, -0.1) is 0 Å². The fourth-order valence-corrected chi connectivity index (χ4v) is 3.27. The lowest BCUT2D eigenvalue weighted by molar-refractivity contribution is 0.102. The van der Waals surface area contributed by atoms with Gasteiger partial charge in [0.05, 0.1) is 11.4 Å². The first kappa shape index (κ1) is 18.7. The number of hydrogen-bond donors (Lipinski definition) is 1. The van der Waals surface area contributed by atoms with Crippen molar-refractivity contribution in [2.24, 2.45) is 0 Å². The van der Waals surface area contributed by atoms with Crippen molar-refractivity contribution in [1.82, 2.24) is 19.1 Å². The van der Waals surface area contributed by atoms with Crippen LogP contribution in [-0.2, 0) is 16.6 Å². The van der Waals surface area contributed by atoms with Crippen LogP contribution in [0.15, 0.2) is 66.0 Å². The normalized spacial score (nSPS) is 11.5. The van der Waals surface area contributed by atoms with Crippen molar-refractivity contribution in [2.45, 2.75) is 11.4 Å². The van der Waals surface area contributed by atoms with Gasteiger partial charge in [-0.05, 0) is 35.9 Å². The third-order valence-corrected chi connectivity index (χ3v) is 5.67. The molecule has 27 heavy (non-hydrogen) atoms. The average Bonchev–Trinajstić information content (AvgIpc) is 3.09. The van der Waals surface area contributed by atoms with E-state index in [1.54, 1.807) is 29.3 Å². The predicted molar refractivity (Wildman–Crippen MR) is 101 cm³/mol. The predicted octanol–water partition coefficient (Wildman–Crippen LogP) is 1.83. The third kappa shape index (κ3) is 4.39. The Balaban J connectivity index is 1.67. The maximum absolute atomic E-state index is 12.3. The summed E-state index contributed by atoms with van der Waals surface area (Å²) >= 11 is 0. The first-order valence-corrected chi connectivity index (χ1v) is 9.56. The quantitative estimate of drug-likeness (QED) is 0.698. The van der Waals surface area contributed by atoms with Crippen LogP contribution < -0.4 is 5.32 Å². The van der Waals surface area contributed by atoms with E-state index in [1.165, 1.54) is 38.4 Å². The minimum absolute atomic E-state index is 0.129. The van der Waals surface area contributed by atoms with E-state index in [2.05, 4.69) is 15.4 Å². The second kappa shape index (κ2) is 7.68. The highest BCUT2D eigenvalue weighted by Crippen LogP contribution is 2.15. The van der Waals surface area contributed by atoms with Crippen LogP contribution in [0.2, 0.25) is 0 Å². The van der Waals surface area contributed by atoms with E-state index >= 15 is 0 Å². The molecular weight excluding hydrogens is 366 g/mol. The van der Waals surface area contributed by atoms with Crippen LogP contribution in [0.3, 0.4) is 0 Å². The van der Waals surface area contributed by atoms with Crippen molar-refractivity contribution >= 4 is 21.7 Å². The Morgan fingerprint density at radius 2 is 1.89 bits per heavy atom. The summed E-state index contributed by atoms with van der Waals surface area (Å²) in [6.07, 6.45) is 5.21. The van der Waals surface area contributed by atoms with Gasteiger partial charge in [-0.25, -0.2) is 12.7 Å². The molecule has 0 saturated carbocycles. The molecule has 0 spiro atoms. The van der Waals surface area contributed by atoms with Crippen LogP contribution in [0.5, 0.6) is 0 Å². The van der Waals surface area contributed by atoms with Gasteiger partial charge in [0, 0.05) is 44.3 Å². The second-order valence-electron chi connectivity index (χ2n) is 6.03. The number of amides is 1. The summed E-state index contributed by atoms with van der Waals surface area (Å²) in [4.78, 5) is 16.5. The van der Waals surface area contributed by atoms with Crippen molar-refractivity contribution in [3.05, 3.63) is 72.2 Å². The lowest BCUT2D eigenvalue weighted by Crippen LogP contribution is -2.22. The number of anilines is 1. The molecule has 0 aliphatic rings. The number of pyridine rings is 1. The summed E-state index contributed by atoms with van der Waals surface area (Å²) in [7, 11) is -0.612. The van der Waals surface area contributed by atoms with E-state index in [9.17, 15) is 13.2 Å². The van der Waals surface area contributed by atoms with Crippen LogP contribution in [0.25, 0.3) is 0 Å². The minimum atomic E-state index is -3.52. The molecule has 1 N–H and O–H groups in total. The van der Waals surface area contributed by atoms with E-state index in [0.717, 1.165) is 9.87 Å². The molecule has 0 bridgehead atoms. The molecule has 8 nitrogen and oxygen atoms in total. The molecular formula is C18H19N5O3S. The van der Waals surface area contributed by atoms with Gasteiger partial charge < -0.3 is 5.32 Å². The number of carbonyl (C=O) groups excluding carboxylic acids is 1. The monoisotopic (exact) mass is 385 g/mol. The molecule has 0 radical (unpaired) electrons. The Morgan fingerprint density at radius 1 is 1.15 bits per heavy atom. The van der Waals surface area contributed by atoms with Gasteiger partial charge in [-0.1, -0.05) is 6.07 Å². The molecule has 9 heteroatoms. The molecule has 1 aromatic carbocycles. The highest BCUT2D eigenvalue weighted by atomic mass is 32.2. The van der Waals surface area contributed by atoms with Crippen molar-refractivity contribution < 1.29 is 13.2 Å². The van der Waals surface area contributed by atoms with Gasteiger partial charge >= 0.3 is 0 Å². The Bertz CT molecular complexity index is 1030. The SMILES string of the molecule is CN(C)S(=O)(=O)c1ccc(C(=O)Nc2ccn(Cc3cccnc3)n2)cc1. The average molecular weight is 385 g/mol. The second-order valence-corrected chi connectivity index (χ2v) is 8.18. The highest BCUT2D eigenvalue weighted by molar-refractivity contribution is 7.89. The molecule has 1 amide bonds. The first-order valence-electron chi connectivity index (χ1n) is 8.12. The molecule has 140 valence electrons. The van der Waals surface area contributed by atoms with Crippen molar-refractivity contribution in [3.8, 4) is 0 Å². The summed E-state index contributed by atoms with van der Waals surface area (Å²) in [5, 5.41) is 7.00. The fourth-order valence-electron chi connectivity index (χ4n) is 2.37. The molecule has 0 aliphatic heterocycles. The van der Waals surface area contributed by atoms with E-state index in [4.69, 9.17) is 0 Å². The number of nitrogens with one attached hydrogen (secondary N) is 1. The Hall–Kier alpha value is -3.04. The van der Waals surface area contributed by atoms with Crippen molar-refractivity contribution in [3.63, 3.8) is 0 Å². The maximum atomic E-state index is 12.3. The highest BCUT2D eigenvalue weighted by Gasteiger charge is 2.17. The van der Waals surface area contributed by atoms with Gasteiger partial charge in [0.1, 0.15) is 0 Å². The van der Waals surface area contributed by atoms with Crippen LogP contribution in [0.4, 0.5) is 5.82 Å². The van der Waals surface area contributed by atoms with Gasteiger partial charge in [-0.3, -0.25) is 14.5 Å². The van der Waals surface area contributed by atoms with Crippen molar-refractivity contribution in [2.75, 3.05) is 19.4 Å². The van der Waals surface area contributed by atoms with Gasteiger partial charge in [0.25, 0.3) is 5.91 Å². The van der Waals surface area contributed by atoms with Gasteiger partial charge in [-0.2, -0.15) is 5.10 Å². The van der Waals surface area contributed by atoms with Gasteiger partial charge in [0.15, 0.2) is 5.82 Å². The molecule has 0 fully saturated rings. The summed E-state index contributed by atoms with van der Waals surface area (Å²) in [6, 6.07) is 11.2. The fraction of sp³-hybridized carbons (Fsp3) is 0.167. The van der Waals surface area contributed by atoms with E-state index in [-0.39, 0.29) is 10.8 Å². The zero-order valence-electron chi connectivity index (χ0n) is 14.9. The number of sulfonamides is 1. The third-order valence-electron chi connectivity index (χ3n) is 3.84. The molecule has 0 aliphatic carbocycles. The molecule has 2 aromatic heterocycles. The zero-order chi connectivity index (χ0) is 19.4. The standard InChI is InChI=1S/C18H19N5O3S/c1-22(2)27(25,26)16-7-5-15(6-8-16)18(24)20-17-9-11-23(21-17)13-14-4-3-10-19-12-14/h3-12H,13H2,1-2H3,(H,20,21,24). The van der Waals surface area contributed by atoms with Crippen LogP contribution in [0.1, 0.15) is 15.9 Å². The first-order chi connectivity index (χ1) is 12.9. The van der Waals surface area contributed by atoms with E-state index < -0.39 is 10.0 Å². The minimum Gasteiger partial charge on any atom is -0.305 e. The lowest BCUT2D eigenvalue weighted by atomic mass is 10.2. The van der Waals surface area contributed by atoms with Gasteiger partial charge in [0.2, 0.25) is 10.0 Å². The topological polar surface area (TPSA) is 97.2 Å². The molecule has 0 saturated heterocycles. The number of carbonyl (C=O) groups is 1. The molecule has 3 rings (SSSR count). The summed E-state index contributed by atoms with van der Waals surface area (Å²) in [5.74, 6) is 0.0457. The largest absolute Gasteiger partial charge is 0.305 e. The Morgan fingerprint density at radius 3 is 2.52 bits per heavy atom. The number of nitrogens with zero attached hydrogens (tertiary/aromatic N) is 4. The maximum Gasteiger partial charge on any atom is 0.256 e. The van der Waals surface area contributed by atoms with Crippen molar-refractivity contribution in [1.29, 1.82) is 0 Å². The number of hydrogen-bond acceptors (Lipinski definition) is 5. The number of aromatic nitrogens is 3. The number of rotatable bonds is 6. The lowest BCUT2D eigenvalue weighted by Gasteiger charge is -2.11. The summed E-state index contributed by atoms with van der Waals surface area (Å²) < 4.78 is 26.9. The molecule has 0 unspecified atom stereocenters. The Kier molecular flexibility index (Phi) is 5.33. The molecule has 2 heterocycles. The van der Waals surface area contributed by atoms with Crippen LogP contribution in [0, 0.1) is 0 Å². The van der Waals surface area contributed by atoms with Crippen LogP contribution >= 0.6 is 0 Å². The summed E-state index contributed by atoms with van der Waals surface area (Å²) in [5.41, 5.74) is 1.34. The summed E-state index contributed by atoms with van der Waals surface area (Å²) in [6.45, 7) is 0.542. The van der Waals surface area contributed by atoms with E-state index in [0.29, 0.717) is 17.9 Å². The molecule has 0 atom stereocenters. The van der Waals surface area contributed by atoms with Crippen LogP contribution in [-0.4, -0.2) is 47.5 Å². The Labute approximate surface area is 157 Å². The smallest absolute Gasteiger partial charge is 0.256 e.